The minimum absolute atomic E-state index is 0.338. The Hall–Kier alpha value is -2.97. The Kier molecular flexibility index (Phi) is 9.54. The zero-order chi connectivity index (χ0) is 28.2. The number of methoxy groups -OCH3 is 2. The molecule has 1 aliphatic rings. The number of hydrogen-bond acceptors (Lipinski definition) is 11. The fourth-order valence-electron chi connectivity index (χ4n) is 3.64. The van der Waals surface area contributed by atoms with Crippen LogP contribution in [0, 0.1) is 10.2 Å². The van der Waals surface area contributed by atoms with Crippen LogP contribution in [0.15, 0.2) is 58.0 Å². The summed E-state index contributed by atoms with van der Waals surface area (Å²) in [6.45, 7) is 2.13. The molecule has 202 valence electrons. The molecular formula is C25H25ClN2O8S2. The van der Waals surface area contributed by atoms with E-state index in [0.717, 1.165) is 37.3 Å². The number of carbonyl (C=O) groups excluding carboxylic acids is 2. The van der Waals surface area contributed by atoms with Gasteiger partial charge in [-0.05, 0) is 48.4 Å². The summed E-state index contributed by atoms with van der Waals surface area (Å²) in [6.07, 6.45) is 5.24. The number of carbonyl (C=O) groups is 2. The Morgan fingerprint density at radius 3 is 2.18 bits per heavy atom. The first-order chi connectivity index (χ1) is 17.9. The molecule has 1 aromatic heterocycles. The van der Waals surface area contributed by atoms with Crippen LogP contribution in [0.5, 0.6) is 0 Å². The topological polar surface area (TPSA) is 152 Å². The number of fused-ring (bicyclic) bond motifs is 2. The molecule has 2 heterocycles. The van der Waals surface area contributed by atoms with Crippen LogP contribution < -0.4 is 28.1 Å². The zero-order valence-corrected chi connectivity index (χ0v) is 23.6. The standard InChI is InChI=1S/C25H25N2O4S2.ClHO4/c1-6-15(11-22-26(2)18-13-16(24(28)30-4)7-9-20(18)32-22)12-23-27(3)19-14-17(25(29)31-5)8-10-21(19)33-23;2-1(3,4)5/h7-14H,6H2,1-5H3;(H,2,3,4,5)/q+1;/p-1. The van der Waals surface area contributed by atoms with Crippen molar-refractivity contribution in [3.63, 3.8) is 0 Å². The van der Waals surface area contributed by atoms with Gasteiger partial charge in [0.15, 0.2) is 0 Å². The highest BCUT2D eigenvalue weighted by atomic mass is 35.7. The van der Waals surface area contributed by atoms with Gasteiger partial charge >= 0.3 is 11.9 Å². The summed E-state index contributed by atoms with van der Waals surface area (Å²) in [5.74, 6) is -0.675. The number of hydrogen-bond donors (Lipinski definition) is 0. The number of aryl methyl sites for hydroxylation is 1. The Morgan fingerprint density at radius 1 is 1.03 bits per heavy atom. The van der Waals surface area contributed by atoms with Gasteiger partial charge in [0, 0.05) is 24.1 Å². The van der Waals surface area contributed by atoms with Gasteiger partial charge in [-0.2, -0.15) is 4.57 Å². The number of rotatable bonds is 5. The minimum Gasteiger partial charge on any atom is -0.465 e. The number of aromatic nitrogens is 1. The third kappa shape index (κ3) is 7.11. The van der Waals surface area contributed by atoms with Gasteiger partial charge in [-0.1, -0.05) is 30.0 Å². The van der Waals surface area contributed by atoms with Crippen LogP contribution in [-0.4, -0.2) is 33.2 Å². The van der Waals surface area contributed by atoms with Gasteiger partial charge in [0.05, 0.1) is 36.1 Å². The molecule has 0 spiro atoms. The summed E-state index contributed by atoms with van der Waals surface area (Å²) in [5.41, 5.74) is 4.25. The van der Waals surface area contributed by atoms with Crippen molar-refractivity contribution in [2.45, 2.75) is 18.2 Å². The predicted molar refractivity (Wildman–Crippen MR) is 133 cm³/mol. The maximum atomic E-state index is 11.9. The first kappa shape index (κ1) is 29.6. The number of ether oxygens (including phenoxy) is 2. The van der Waals surface area contributed by atoms with Gasteiger partial charge in [0.1, 0.15) is 11.7 Å². The fourth-order valence-corrected chi connectivity index (χ4v) is 5.85. The number of nitrogens with zero attached hydrogens (tertiary/aromatic N) is 2. The van der Waals surface area contributed by atoms with Crippen LogP contribution in [0.4, 0.5) is 5.69 Å². The molecule has 0 radical (unpaired) electrons. The van der Waals surface area contributed by atoms with E-state index in [1.54, 1.807) is 35.2 Å². The molecule has 0 unspecified atom stereocenters. The quantitative estimate of drug-likeness (QED) is 0.306. The van der Waals surface area contributed by atoms with E-state index in [2.05, 4.69) is 28.5 Å². The molecule has 0 saturated heterocycles. The molecule has 0 amide bonds. The van der Waals surface area contributed by atoms with Gasteiger partial charge in [0.2, 0.25) is 5.52 Å². The Balaban J connectivity index is 0.000000732. The Morgan fingerprint density at radius 2 is 1.61 bits per heavy atom. The number of halogens is 1. The second-order valence-electron chi connectivity index (χ2n) is 7.94. The molecule has 0 saturated carbocycles. The summed E-state index contributed by atoms with van der Waals surface area (Å²) < 4.78 is 46.9. The number of thioether (sulfide) groups is 1. The lowest BCUT2D eigenvalue weighted by molar-refractivity contribution is -2.00. The van der Waals surface area contributed by atoms with E-state index < -0.39 is 10.2 Å². The number of allylic oxidation sites excluding steroid dienone is 2. The summed E-state index contributed by atoms with van der Waals surface area (Å²) in [5, 5.41) is 2.19. The molecule has 3 aromatic rings. The van der Waals surface area contributed by atoms with Gasteiger partial charge in [-0.25, -0.2) is 28.2 Å². The Labute approximate surface area is 229 Å². The lowest BCUT2D eigenvalue weighted by atomic mass is 10.1. The molecule has 13 heteroatoms. The molecule has 0 N–H and O–H groups in total. The van der Waals surface area contributed by atoms with Gasteiger partial charge in [-0.3, -0.25) is 0 Å². The van der Waals surface area contributed by atoms with Crippen LogP contribution in [0.2, 0.25) is 0 Å². The largest absolute Gasteiger partial charge is 0.465 e. The van der Waals surface area contributed by atoms with Crippen LogP contribution in [0.1, 0.15) is 39.1 Å². The fraction of sp³-hybridized carbons (Fsp3) is 0.240. The van der Waals surface area contributed by atoms with Crippen molar-refractivity contribution in [2.24, 2.45) is 7.05 Å². The van der Waals surface area contributed by atoms with Crippen molar-refractivity contribution in [3.8, 4) is 0 Å². The van der Waals surface area contributed by atoms with Gasteiger partial charge in [-0.15, -0.1) is 10.2 Å². The van der Waals surface area contributed by atoms with Crippen molar-refractivity contribution in [3.05, 3.63) is 69.2 Å². The summed E-state index contributed by atoms with van der Waals surface area (Å²) >= 11 is 3.37. The molecule has 4 rings (SSSR count). The molecule has 0 fully saturated rings. The van der Waals surface area contributed by atoms with E-state index in [0.29, 0.717) is 11.1 Å². The molecule has 10 nitrogen and oxygen atoms in total. The highest BCUT2D eigenvalue weighted by Crippen LogP contribution is 2.46. The molecule has 0 atom stereocenters. The van der Waals surface area contributed by atoms with Crippen LogP contribution in [-0.2, 0) is 16.5 Å². The Bertz CT molecular complexity index is 1420. The average Bonchev–Trinajstić information content (AvgIpc) is 3.36. The minimum atomic E-state index is -4.94. The number of anilines is 1. The van der Waals surface area contributed by atoms with Crippen LogP contribution in [0.25, 0.3) is 16.3 Å². The lowest BCUT2D eigenvalue weighted by Crippen LogP contribution is -2.68. The molecule has 2 aromatic carbocycles. The van der Waals surface area contributed by atoms with E-state index in [9.17, 15) is 9.59 Å². The van der Waals surface area contributed by atoms with E-state index in [1.807, 2.05) is 38.4 Å². The van der Waals surface area contributed by atoms with Crippen LogP contribution >= 0.6 is 23.1 Å². The van der Waals surface area contributed by atoms with Crippen molar-refractivity contribution in [1.82, 2.24) is 0 Å². The summed E-state index contributed by atoms with van der Waals surface area (Å²) in [7, 11) is 1.85. The van der Waals surface area contributed by atoms with E-state index >= 15 is 0 Å². The van der Waals surface area contributed by atoms with E-state index in [1.165, 1.54) is 19.8 Å². The molecule has 38 heavy (non-hydrogen) atoms. The maximum Gasteiger partial charge on any atom is 0.338 e. The van der Waals surface area contributed by atoms with E-state index in [-0.39, 0.29) is 11.9 Å². The third-order valence-electron chi connectivity index (χ3n) is 5.60. The lowest BCUT2D eigenvalue weighted by Gasteiger charge is -2.17. The molecule has 1 aliphatic heterocycles. The van der Waals surface area contributed by atoms with Gasteiger partial charge in [0.25, 0.3) is 5.01 Å². The van der Waals surface area contributed by atoms with Crippen molar-refractivity contribution >= 4 is 57.0 Å². The van der Waals surface area contributed by atoms with Crippen LogP contribution in [0.3, 0.4) is 0 Å². The summed E-state index contributed by atoms with van der Waals surface area (Å²) in [6, 6.07) is 11.3. The molecular weight excluding hydrogens is 556 g/mol. The predicted octanol–water partition coefficient (Wildman–Crippen LogP) is 0.420. The maximum absolute atomic E-state index is 11.9. The highest BCUT2D eigenvalue weighted by molar-refractivity contribution is 8.03. The van der Waals surface area contributed by atoms with Crippen molar-refractivity contribution in [1.29, 1.82) is 0 Å². The van der Waals surface area contributed by atoms with Gasteiger partial charge < -0.3 is 14.4 Å². The summed E-state index contributed by atoms with van der Waals surface area (Å²) in [4.78, 5) is 27.0. The van der Waals surface area contributed by atoms with Crippen molar-refractivity contribution in [2.75, 3.05) is 26.2 Å². The second kappa shape index (κ2) is 12.3. The first-order valence-corrected chi connectivity index (χ1v) is 13.9. The second-order valence-corrected chi connectivity index (χ2v) is 10.8. The highest BCUT2D eigenvalue weighted by Gasteiger charge is 2.24. The normalized spacial score (nSPS) is 14.3. The number of benzene rings is 2. The number of thiazole rings is 1. The van der Waals surface area contributed by atoms with E-state index in [4.69, 9.17) is 28.1 Å². The monoisotopic (exact) mass is 580 g/mol. The first-order valence-electron chi connectivity index (χ1n) is 11.0. The smallest absolute Gasteiger partial charge is 0.338 e. The molecule has 0 aliphatic carbocycles. The van der Waals surface area contributed by atoms with Crippen molar-refractivity contribution < 1.29 is 52.5 Å². The third-order valence-corrected chi connectivity index (χ3v) is 7.93. The average molecular weight is 581 g/mol. The SMILES string of the molecule is CCC(=C/c1sc2ccc(C(=O)OC)cc2[n+]1C)/C=C1\Sc2ccc(C(=O)OC)cc2N1C.[O-][Cl+3]([O-])([O-])[O-]. The zero-order valence-electron chi connectivity index (χ0n) is 21.2. The molecule has 0 bridgehead atoms. The number of esters is 2.